The van der Waals surface area contributed by atoms with Crippen molar-refractivity contribution in [2.45, 2.75) is 5.92 Å². The normalized spacial score (nSPS) is 14.8. The molecule has 4 aromatic rings. The van der Waals surface area contributed by atoms with E-state index in [1.807, 2.05) is 6.07 Å². The average molecular weight is 513 g/mol. The number of hydrogen-bond acceptors (Lipinski definition) is 6. The first-order valence-corrected chi connectivity index (χ1v) is 11.7. The van der Waals surface area contributed by atoms with Crippen molar-refractivity contribution in [3.05, 3.63) is 41.2 Å². The third-order valence-electron chi connectivity index (χ3n) is 6.62. The average Bonchev–Trinajstić information content (AvgIpc) is 3.60. The van der Waals surface area contributed by atoms with Gasteiger partial charge in [-0.25, -0.2) is 4.79 Å². The summed E-state index contributed by atoms with van der Waals surface area (Å²) in [5.74, 6) is 0.118. The molecule has 11 heteroatoms. The van der Waals surface area contributed by atoms with Crippen LogP contribution >= 0.6 is 11.6 Å². The molecule has 0 saturated carbocycles. The van der Waals surface area contributed by atoms with Crippen LogP contribution in [0.15, 0.2) is 24.3 Å². The summed E-state index contributed by atoms with van der Waals surface area (Å²) < 4.78 is 16.5. The highest BCUT2D eigenvalue weighted by molar-refractivity contribution is 6.19. The van der Waals surface area contributed by atoms with E-state index in [9.17, 15) is 14.7 Å². The van der Waals surface area contributed by atoms with Crippen LogP contribution in [0.5, 0.6) is 17.2 Å². The number of aromatic nitrogens is 2. The summed E-state index contributed by atoms with van der Waals surface area (Å²) >= 11 is 6.33. The van der Waals surface area contributed by atoms with Crippen molar-refractivity contribution in [3.63, 3.8) is 0 Å². The lowest BCUT2D eigenvalue weighted by molar-refractivity contribution is 0.0691. The number of carboxylic acids is 1. The lowest BCUT2D eigenvalue weighted by Crippen LogP contribution is -2.30. The molecule has 0 aliphatic carbocycles. The predicted octanol–water partition coefficient (Wildman–Crippen LogP) is 4.40. The van der Waals surface area contributed by atoms with Gasteiger partial charge < -0.3 is 39.5 Å². The number of methoxy groups -OCH3 is 3. The number of benzene rings is 2. The van der Waals surface area contributed by atoms with Gasteiger partial charge in [-0.15, -0.1) is 11.6 Å². The van der Waals surface area contributed by atoms with Gasteiger partial charge in [-0.05, 0) is 29.8 Å². The van der Waals surface area contributed by atoms with E-state index in [4.69, 9.17) is 25.8 Å². The SMILES string of the molecule is CNc1cc2c(c3cc(C(=O)O)[nH]c13)C(CCl)CN2C(=O)c1cc2cc(OC)c(OC)c(OC)c2[nH]1. The summed E-state index contributed by atoms with van der Waals surface area (Å²) in [6, 6.07) is 6.96. The first kappa shape index (κ1) is 23.7. The number of hydrogen-bond donors (Lipinski definition) is 4. The highest BCUT2D eigenvalue weighted by Crippen LogP contribution is 2.46. The van der Waals surface area contributed by atoms with Crippen molar-refractivity contribution in [1.29, 1.82) is 0 Å². The molecule has 10 nitrogen and oxygen atoms in total. The second-order valence-electron chi connectivity index (χ2n) is 8.44. The number of nitrogens with one attached hydrogen (secondary N) is 3. The molecule has 0 radical (unpaired) electrons. The molecule has 0 saturated heterocycles. The van der Waals surface area contributed by atoms with Gasteiger partial charge in [0.1, 0.15) is 11.4 Å². The van der Waals surface area contributed by atoms with Crippen LogP contribution in [-0.2, 0) is 0 Å². The summed E-state index contributed by atoms with van der Waals surface area (Å²) in [7, 11) is 6.32. The van der Waals surface area contributed by atoms with E-state index in [1.165, 1.54) is 21.3 Å². The van der Waals surface area contributed by atoms with Crippen molar-refractivity contribution in [3.8, 4) is 17.2 Å². The van der Waals surface area contributed by atoms with Crippen LogP contribution in [0.1, 0.15) is 32.5 Å². The number of carbonyl (C=O) groups is 2. The number of H-pyrrole nitrogens is 2. The Morgan fingerprint density at radius 3 is 2.39 bits per heavy atom. The summed E-state index contributed by atoms with van der Waals surface area (Å²) in [5, 5.41) is 14.1. The number of ether oxygens (including phenoxy) is 3. The third kappa shape index (κ3) is 3.40. The maximum atomic E-state index is 13.8. The summed E-state index contributed by atoms with van der Waals surface area (Å²) in [6.07, 6.45) is 0. The Bertz CT molecular complexity index is 1520. The Morgan fingerprint density at radius 1 is 1.06 bits per heavy atom. The van der Waals surface area contributed by atoms with E-state index in [0.717, 1.165) is 16.3 Å². The molecule has 2 aromatic carbocycles. The number of nitrogens with zero attached hydrogens (tertiary/aromatic N) is 1. The standard InChI is InChI=1S/C25H25ClN4O6/c1-27-14-8-17-19(13-7-16(25(32)33)29-21(13)14)12(9-26)10-30(17)24(31)15-5-11-6-18(34-2)22(35-3)23(36-4)20(11)28-15/h5-8,12,27-29H,9-10H2,1-4H3,(H,32,33). The Kier molecular flexibility index (Phi) is 5.83. The number of rotatable bonds is 7. The molecule has 5 rings (SSSR count). The van der Waals surface area contributed by atoms with E-state index < -0.39 is 5.97 Å². The number of anilines is 2. The first-order valence-electron chi connectivity index (χ1n) is 11.2. The van der Waals surface area contributed by atoms with E-state index in [2.05, 4.69) is 15.3 Å². The number of alkyl halides is 1. The molecule has 0 bridgehead atoms. The quantitative estimate of drug-likeness (QED) is 0.270. The van der Waals surface area contributed by atoms with Crippen LogP contribution < -0.4 is 24.4 Å². The van der Waals surface area contributed by atoms with Crippen molar-refractivity contribution in [2.24, 2.45) is 0 Å². The van der Waals surface area contributed by atoms with Crippen molar-refractivity contribution in [1.82, 2.24) is 9.97 Å². The van der Waals surface area contributed by atoms with Gasteiger partial charge in [0.25, 0.3) is 5.91 Å². The largest absolute Gasteiger partial charge is 0.493 e. The fourth-order valence-corrected chi connectivity index (χ4v) is 5.25. The highest BCUT2D eigenvalue weighted by atomic mass is 35.5. The van der Waals surface area contributed by atoms with Crippen LogP contribution in [0.3, 0.4) is 0 Å². The number of aromatic carboxylic acids is 1. The zero-order valence-corrected chi connectivity index (χ0v) is 20.9. The third-order valence-corrected chi connectivity index (χ3v) is 6.99. The van der Waals surface area contributed by atoms with Crippen molar-refractivity contribution < 1.29 is 28.9 Å². The second-order valence-corrected chi connectivity index (χ2v) is 8.75. The van der Waals surface area contributed by atoms with E-state index in [0.29, 0.717) is 51.9 Å². The zero-order valence-electron chi connectivity index (χ0n) is 20.1. The van der Waals surface area contributed by atoms with E-state index in [1.54, 1.807) is 30.1 Å². The van der Waals surface area contributed by atoms with Gasteiger partial charge in [0.2, 0.25) is 5.75 Å². The number of aromatic amines is 2. The summed E-state index contributed by atoms with van der Waals surface area (Å²) in [6.45, 7) is 0.354. The summed E-state index contributed by atoms with van der Waals surface area (Å²) in [5.41, 5.74) is 3.89. The van der Waals surface area contributed by atoms with Crippen LogP contribution in [0.25, 0.3) is 21.8 Å². The van der Waals surface area contributed by atoms with E-state index >= 15 is 0 Å². The number of halogens is 1. The number of carbonyl (C=O) groups excluding carboxylic acids is 1. The highest BCUT2D eigenvalue weighted by Gasteiger charge is 2.36. The van der Waals surface area contributed by atoms with Crippen molar-refractivity contribution >= 4 is 56.7 Å². The Hall–Kier alpha value is -4.05. The molecule has 3 heterocycles. The first-order chi connectivity index (χ1) is 17.4. The van der Waals surface area contributed by atoms with Crippen molar-refractivity contribution in [2.75, 3.05) is 51.0 Å². The molecule has 4 N–H and O–H groups in total. The van der Waals surface area contributed by atoms with Gasteiger partial charge in [-0.3, -0.25) is 4.79 Å². The lowest BCUT2D eigenvalue weighted by Gasteiger charge is -2.18. The van der Waals surface area contributed by atoms with Gasteiger partial charge in [0.05, 0.1) is 43.7 Å². The van der Waals surface area contributed by atoms with Gasteiger partial charge in [-0.2, -0.15) is 0 Å². The molecular formula is C25H25ClN4O6. The van der Waals surface area contributed by atoms with Crippen LogP contribution in [-0.4, -0.2) is 67.8 Å². The minimum absolute atomic E-state index is 0.0682. The topological polar surface area (TPSA) is 129 Å². The van der Waals surface area contributed by atoms with Crippen LogP contribution in [0.4, 0.5) is 11.4 Å². The summed E-state index contributed by atoms with van der Waals surface area (Å²) in [4.78, 5) is 33.3. The predicted molar refractivity (Wildman–Crippen MR) is 138 cm³/mol. The number of amides is 1. The van der Waals surface area contributed by atoms with Gasteiger partial charge in [-0.1, -0.05) is 0 Å². The van der Waals surface area contributed by atoms with Gasteiger partial charge in [0.15, 0.2) is 11.5 Å². The van der Waals surface area contributed by atoms with Gasteiger partial charge in [0, 0.05) is 36.2 Å². The molecule has 0 fully saturated rings. The molecule has 0 spiro atoms. The monoisotopic (exact) mass is 512 g/mol. The minimum atomic E-state index is -1.06. The molecule has 2 aromatic heterocycles. The second kappa shape index (κ2) is 8.87. The molecule has 1 unspecified atom stereocenters. The minimum Gasteiger partial charge on any atom is -0.493 e. The van der Waals surface area contributed by atoms with Crippen LogP contribution in [0, 0.1) is 0 Å². The molecular weight excluding hydrogens is 488 g/mol. The number of carboxylic acid groups (broad SMARTS) is 1. The smallest absolute Gasteiger partial charge is 0.352 e. The molecule has 36 heavy (non-hydrogen) atoms. The fraction of sp³-hybridized carbons (Fsp3) is 0.280. The molecule has 1 atom stereocenters. The Balaban J connectivity index is 1.66. The Morgan fingerprint density at radius 2 is 1.78 bits per heavy atom. The van der Waals surface area contributed by atoms with Crippen LogP contribution in [0.2, 0.25) is 0 Å². The maximum Gasteiger partial charge on any atom is 0.352 e. The molecule has 1 aliphatic heterocycles. The zero-order chi connectivity index (χ0) is 25.7. The molecule has 1 aliphatic rings. The molecule has 188 valence electrons. The van der Waals surface area contributed by atoms with Gasteiger partial charge >= 0.3 is 5.97 Å². The van der Waals surface area contributed by atoms with E-state index in [-0.39, 0.29) is 23.4 Å². The number of fused-ring (bicyclic) bond motifs is 4. The fourth-order valence-electron chi connectivity index (χ4n) is 5.00. The maximum absolute atomic E-state index is 13.8. The molecule has 1 amide bonds. The Labute approximate surface area is 211 Å². The lowest BCUT2D eigenvalue weighted by atomic mass is 9.98.